The Labute approximate surface area is 163 Å². The Morgan fingerprint density at radius 3 is 2.59 bits per heavy atom. The third-order valence-electron chi connectivity index (χ3n) is 4.05. The number of carboxylic acid groups (broad SMARTS) is 1. The molecular formula is C20H22N2O4S. The van der Waals surface area contributed by atoms with E-state index in [0.717, 1.165) is 6.42 Å². The average molecular weight is 386 g/mol. The quantitative estimate of drug-likeness (QED) is 0.651. The number of hydrogen-bond acceptors (Lipinski definition) is 4. The minimum Gasteiger partial charge on any atom is -0.491 e. The van der Waals surface area contributed by atoms with Gasteiger partial charge in [0.05, 0.1) is 11.7 Å². The first-order valence-electron chi connectivity index (χ1n) is 8.53. The van der Waals surface area contributed by atoms with Crippen LogP contribution in [-0.4, -0.2) is 28.2 Å². The summed E-state index contributed by atoms with van der Waals surface area (Å²) in [5.74, 6) is -0.792. The van der Waals surface area contributed by atoms with Gasteiger partial charge in [0.15, 0.2) is 5.11 Å². The number of hydrogen-bond donors (Lipinski definition) is 3. The first-order valence-corrected chi connectivity index (χ1v) is 8.94. The van der Waals surface area contributed by atoms with Gasteiger partial charge in [-0.05, 0) is 68.4 Å². The van der Waals surface area contributed by atoms with Crippen LogP contribution in [0.1, 0.15) is 46.5 Å². The lowest BCUT2D eigenvalue weighted by molar-refractivity contribution is 0.0696. The Hall–Kier alpha value is -2.93. The Morgan fingerprint density at radius 2 is 1.93 bits per heavy atom. The lowest BCUT2D eigenvalue weighted by atomic mass is 10.1. The number of nitrogens with one attached hydrogen (secondary N) is 2. The number of thiocarbonyl (C=S) groups is 1. The third-order valence-corrected chi connectivity index (χ3v) is 4.25. The second-order valence-corrected chi connectivity index (χ2v) is 6.46. The van der Waals surface area contributed by atoms with E-state index in [1.807, 2.05) is 13.8 Å². The van der Waals surface area contributed by atoms with Crippen LogP contribution in [0.5, 0.6) is 5.75 Å². The Morgan fingerprint density at radius 1 is 1.22 bits per heavy atom. The van der Waals surface area contributed by atoms with Gasteiger partial charge in [-0.1, -0.05) is 19.1 Å². The van der Waals surface area contributed by atoms with Gasteiger partial charge in [0.2, 0.25) is 0 Å². The highest BCUT2D eigenvalue weighted by Crippen LogP contribution is 2.19. The maximum atomic E-state index is 12.4. The number of carbonyl (C=O) groups is 2. The molecule has 0 heterocycles. The number of rotatable bonds is 6. The van der Waals surface area contributed by atoms with Gasteiger partial charge in [-0.3, -0.25) is 10.1 Å². The maximum Gasteiger partial charge on any atom is 0.336 e. The van der Waals surface area contributed by atoms with E-state index in [-0.39, 0.29) is 22.7 Å². The molecule has 2 aromatic rings. The van der Waals surface area contributed by atoms with Crippen LogP contribution in [0.25, 0.3) is 0 Å². The van der Waals surface area contributed by atoms with Gasteiger partial charge in [-0.25, -0.2) is 4.79 Å². The van der Waals surface area contributed by atoms with E-state index < -0.39 is 5.97 Å². The monoisotopic (exact) mass is 386 g/mol. The van der Waals surface area contributed by atoms with E-state index in [1.54, 1.807) is 43.3 Å². The topological polar surface area (TPSA) is 87.7 Å². The fourth-order valence-electron chi connectivity index (χ4n) is 2.36. The van der Waals surface area contributed by atoms with Gasteiger partial charge in [-0.15, -0.1) is 0 Å². The van der Waals surface area contributed by atoms with E-state index in [1.165, 1.54) is 6.07 Å². The van der Waals surface area contributed by atoms with E-state index in [4.69, 9.17) is 17.0 Å². The number of amides is 1. The van der Waals surface area contributed by atoms with Gasteiger partial charge in [-0.2, -0.15) is 0 Å². The minimum absolute atomic E-state index is 0.0514. The molecule has 142 valence electrons. The highest BCUT2D eigenvalue weighted by Gasteiger charge is 2.13. The molecule has 1 atom stereocenters. The molecule has 0 bridgehead atoms. The van der Waals surface area contributed by atoms with Crippen LogP contribution in [-0.2, 0) is 0 Å². The summed E-state index contributed by atoms with van der Waals surface area (Å²) in [5.41, 5.74) is 1.64. The van der Waals surface area contributed by atoms with Gasteiger partial charge >= 0.3 is 5.97 Å². The molecule has 0 radical (unpaired) electrons. The molecule has 0 aliphatic heterocycles. The molecule has 6 nitrogen and oxygen atoms in total. The van der Waals surface area contributed by atoms with Crippen LogP contribution in [0.15, 0.2) is 42.5 Å². The van der Waals surface area contributed by atoms with Crippen molar-refractivity contribution in [1.82, 2.24) is 5.32 Å². The molecule has 2 rings (SSSR count). The summed E-state index contributed by atoms with van der Waals surface area (Å²) in [6, 6.07) is 11.7. The van der Waals surface area contributed by atoms with Crippen molar-refractivity contribution >= 4 is 34.9 Å². The lowest BCUT2D eigenvalue weighted by Crippen LogP contribution is -2.34. The Balaban J connectivity index is 2.06. The zero-order valence-corrected chi connectivity index (χ0v) is 16.2. The predicted molar refractivity (Wildman–Crippen MR) is 109 cm³/mol. The normalized spacial score (nSPS) is 11.4. The zero-order chi connectivity index (χ0) is 20.0. The molecule has 0 unspecified atom stereocenters. The number of carboxylic acids is 1. The summed E-state index contributed by atoms with van der Waals surface area (Å²) < 4.78 is 5.72. The summed E-state index contributed by atoms with van der Waals surface area (Å²) in [5, 5.41) is 14.7. The first kappa shape index (κ1) is 20.4. The van der Waals surface area contributed by atoms with Crippen LogP contribution in [0.4, 0.5) is 5.69 Å². The van der Waals surface area contributed by atoms with Crippen molar-refractivity contribution in [3.8, 4) is 5.75 Å². The molecule has 7 heteroatoms. The van der Waals surface area contributed by atoms with Crippen molar-refractivity contribution < 1.29 is 19.4 Å². The van der Waals surface area contributed by atoms with Crippen molar-refractivity contribution in [3.05, 3.63) is 59.2 Å². The second kappa shape index (κ2) is 9.14. The smallest absolute Gasteiger partial charge is 0.336 e. The highest BCUT2D eigenvalue weighted by atomic mass is 32.1. The van der Waals surface area contributed by atoms with Crippen LogP contribution >= 0.6 is 12.2 Å². The second-order valence-electron chi connectivity index (χ2n) is 6.06. The number of carbonyl (C=O) groups excluding carboxylic acids is 1. The third kappa shape index (κ3) is 5.52. The number of anilines is 1. The average Bonchev–Trinajstić information content (AvgIpc) is 2.63. The van der Waals surface area contributed by atoms with E-state index in [9.17, 15) is 14.7 Å². The minimum atomic E-state index is -1.02. The molecule has 0 saturated carbocycles. The van der Waals surface area contributed by atoms with Crippen molar-refractivity contribution in [2.45, 2.75) is 33.3 Å². The van der Waals surface area contributed by atoms with E-state index >= 15 is 0 Å². The molecule has 0 aliphatic rings. The maximum absolute atomic E-state index is 12.4. The van der Waals surface area contributed by atoms with Gasteiger partial charge in [0.1, 0.15) is 5.75 Å². The lowest BCUT2D eigenvalue weighted by Gasteiger charge is -2.14. The molecule has 0 spiro atoms. The van der Waals surface area contributed by atoms with Gasteiger partial charge < -0.3 is 15.2 Å². The van der Waals surface area contributed by atoms with Crippen LogP contribution in [0.3, 0.4) is 0 Å². The summed E-state index contributed by atoms with van der Waals surface area (Å²) >= 11 is 5.18. The number of benzene rings is 2. The molecule has 2 aromatic carbocycles. The molecule has 0 aromatic heterocycles. The molecule has 27 heavy (non-hydrogen) atoms. The summed E-state index contributed by atoms with van der Waals surface area (Å²) in [7, 11) is 0. The summed E-state index contributed by atoms with van der Waals surface area (Å²) in [6.07, 6.45) is 0.912. The van der Waals surface area contributed by atoms with E-state index in [2.05, 4.69) is 10.6 Å². The molecule has 1 amide bonds. The number of ether oxygens (including phenoxy) is 1. The van der Waals surface area contributed by atoms with Crippen LogP contribution < -0.4 is 15.4 Å². The Kier molecular flexibility index (Phi) is 6.90. The molecular weight excluding hydrogens is 364 g/mol. The van der Waals surface area contributed by atoms with Crippen molar-refractivity contribution in [3.63, 3.8) is 0 Å². The van der Waals surface area contributed by atoms with Crippen molar-refractivity contribution in [2.75, 3.05) is 5.32 Å². The molecule has 3 N–H and O–H groups in total. The van der Waals surface area contributed by atoms with Crippen molar-refractivity contribution in [2.24, 2.45) is 0 Å². The van der Waals surface area contributed by atoms with Crippen LogP contribution in [0, 0.1) is 6.92 Å². The van der Waals surface area contributed by atoms with Gasteiger partial charge in [0.25, 0.3) is 5.91 Å². The highest BCUT2D eigenvalue weighted by molar-refractivity contribution is 7.80. The zero-order valence-electron chi connectivity index (χ0n) is 15.4. The van der Waals surface area contributed by atoms with Gasteiger partial charge in [0, 0.05) is 11.3 Å². The fourth-order valence-corrected chi connectivity index (χ4v) is 2.56. The van der Waals surface area contributed by atoms with Crippen LogP contribution in [0.2, 0.25) is 0 Å². The largest absolute Gasteiger partial charge is 0.491 e. The Bertz CT molecular complexity index is 867. The SMILES string of the molecule is CC[C@@H](C)Oc1cccc(C(=O)NC(=S)Nc2cccc(C(=O)O)c2C)c1. The molecule has 0 aliphatic carbocycles. The summed E-state index contributed by atoms with van der Waals surface area (Å²) in [6.45, 7) is 5.65. The first-order chi connectivity index (χ1) is 12.8. The predicted octanol–water partition coefficient (Wildman–Crippen LogP) is 4.00. The number of aromatic carboxylic acids is 1. The van der Waals surface area contributed by atoms with E-state index in [0.29, 0.717) is 22.6 Å². The standard InChI is InChI=1S/C20H22N2O4S/c1-4-12(2)26-15-8-5-7-14(11-15)18(23)22-20(27)21-17-10-6-9-16(13(17)3)19(24)25/h5-12H,4H2,1-3H3,(H,24,25)(H2,21,22,23,27)/t12-/m1/s1. The fraction of sp³-hybridized carbons (Fsp3) is 0.250. The molecule has 0 fully saturated rings. The molecule has 0 saturated heterocycles. The van der Waals surface area contributed by atoms with Crippen molar-refractivity contribution in [1.29, 1.82) is 0 Å². The summed E-state index contributed by atoms with van der Waals surface area (Å²) in [4.78, 5) is 23.6.